The number of ether oxygens (including phenoxy) is 7. The molecular formula is C108H205NO19Si9. The fourth-order valence-electron chi connectivity index (χ4n) is 28.2. The number of allylic oxidation sites excluding steroid dienone is 2. The Hall–Kier alpha value is -1.08. The van der Waals surface area contributed by atoms with E-state index in [1.807, 2.05) is 30.3 Å². The number of carbonyl (C=O) groups excluding carboxylic acids is 3. The number of rotatable bonds is 57. The van der Waals surface area contributed by atoms with Gasteiger partial charge in [0.2, 0.25) is 5.91 Å². The lowest BCUT2D eigenvalue weighted by molar-refractivity contribution is -0.387. The van der Waals surface area contributed by atoms with Crippen LogP contribution >= 0.6 is 0 Å². The van der Waals surface area contributed by atoms with Crippen LogP contribution < -0.4 is 5.73 Å². The third-order valence-electron chi connectivity index (χ3n) is 40.9. The Morgan fingerprint density at radius 3 is 1.28 bits per heavy atom. The molecule has 17 unspecified atom stereocenters. The van der Waals surface area contributed by atoms with Crippen molar-refractivity contribution in [2.45, 2.75) is 554 Å². The van der Waals surface area contributed by atoms with Gasteiger partial charge in [0.05, 0.1) is 42.4 Å². The Morgan fingerprint density at radius 1 is 0.409 bits per heavy atom. The molecule has 3 heterocycles. The summed E-state index contributed by atoms with van der Waals surface area (Å²) >= 11 is 0. The number of fused-ring (bicyclic) bond motifs is 7. The van der Waals surface area contributed by atoms with Gasteiger partial charge in [-0.05, 0) is 266 Å². The molecule has 5 aliphatic carbocycles. The molecule has 1 aromatic carbocycles. The Kier molecular flexibility index (Phi) is 43.6. The number of aldehydes is 1. The van der Waals surface area contributed by atoms with Crippen molar-refractivity contribution in [3.8, 4) is 0 Å². The van der Waals surface area contributed by atoms with Crippen LogP contribution in [-0.2, 0) is 94.0 Å². The normalized spacial score (nSPS) is 33.7. The fourth-order valence-corrected chi connectivity index (χ4v) is 53.7. The number of hydrogen-bond acceptors (Lipinski definition) is 19. The SMILES string of the molecule is CC[Si](CC)(CC)OCC1O[C@@H](OC2C(O[C@@H]3OC[C@@H](O[Si](CC)(CC)CC)C(O[Si](CC)(CC)CC)C3O[Si](CC)(CC)CC)[C@H](O[Si](CC)(CC)CC)C(C(=O)OCc3ccccc3)O[C@H]2OC2CCC3(C)C(CCC4(C)C3CC=C3C5CC(C)(C)CC[C@]5(C(N)=O)C(O[Si](CC)(CC)CC)CC34C)C2(C)C=O)C(O[Si](CC)(CC)CC)C(O[Si](CC)(CC)CC)[C@H]1O[Si](CC)(CC)CC. The number of hydrogen-bond donors (Lipinski definition) is 1. The predicted octanol–water partition coefficient (Wildman–Crippen LogP) is 27.9. The summed E-state index contributed by atoms with van der Waals surface area (Å²) in [6.45, 7) is 77.0. The number of benzene rings is 1. The van der Waals surface area contributed by atoms with E-state index in [1.165, 1.54) is 11.9 Å². The molecule has 7 fully saturated rings. The van der Waals surface area contributed by atoms with Crippen molar-refractivity contribution in [3.05, 3.63) is 47.5 Å². The maximum Gasteiger partial charge on any atom is 0.338 e. The number of primary amides is 1. The third kappa shape index (κ3) is 23.9. The highest BCUT2D eigenvalue weighted by Crippen LogP contribution is 2.77. The molecule has 8 aliphatic rings. The predicted molar refractivity (Wildman–Crippen MR) is 582 cm³/mol. The van der Waals surface area contributed by atoms with Crippen LogP contribution in [0.5, 0.6) is 0 Å². The van der Waals surface area contributed by atoms with Crippen molar-refractivity contribution in [2.75, 3.05) is 13.2 Å². The lowest BCUT2D eigenvalue weighted by Crippen LogP contribution is -2.72. The second-order valence-corrected chi connectivity index (χ2v) is 88.3. The van der Waals surface area contributed by atoms with E-state index in [1.54, 1.807) is 0 Å². The van der Waals surface area contributed by atoms with Crippen LogP contribution in [0.15, 0.2) is 42.0 Å². The van der Waals surface area contributed by atoms with Gasteiger partial charge in [-0.15, -0.1) is 0 Å². The molecule has 792 valence electrons. The highest BCUT2D eigenvalue weighted by atomic mass is 28.4. The van der Waals surface area contributed by atoms with Crippen molar-refractivity contribution in [1.82, 2.24) is 0 Å². The molecule has 0 bridgehead atoms. The smallest absolute Gasteiger partial charge is 0.338 e. The largest absolute Gasteiger partial charge is 0.459 e. The maximum atomic E-state index is 16.9. The Balaban J connectivity index is 1.39. The minimum Gasteiger partial charge on any atom is -0.459 e. The van der Waals surface area contributed by atoms with Gasteiger partial charge in [-0.1, -0.05) is 270 Å². The van der Waals surface area contributed by atoms with Crippen LogP contribution in [-0.4, -0.2) is 204 Å². The van der Waals surface area contributed by atoms with E-state index >= 15 is 14.4 Å². The molecule has 4 saturated carbocycles. The summed E-state index contributed by atoms with van der Waals surface area (Å²) in [7, 11) is -23.6. The first kappa shape index (κ1) is 119. The molecule has 0 aromatic heterocycles. The summed E-state index contributed by atoms with van der Waals surface area (Å²) < 4.78 is 130. The van der Waals surface area contributed by atoms with E-state index in [0.29, 0.717) is 31.0 Å². The molecule has 20 nitrogen and oxygen atoms in total. The van der Waals surface area contributed by atoms with Gasteiger partial charge >= 0.3 is 5.97 Å². The molecule has 3 saturated heterocycles. The van der Waals surface area contributed by atoms with E-state index in [9.17, 15) is 0 Å². The molecule has 1 aromatic rings. The van der Waals surface area contributed by atoms with Crippen LogP contribution in [0.1, 0.15) is 292 Å². The van der Waals surface area contributed by atoms with Crippen molar-refractivity contribution < 1.29 is 87.4 Å². The summed E-state index contributed by atoms with van der Waals surface area (Å²) in [5, 5.41) is 0. The zero-order valence-corrected chi connectivity index (χ0v) is 102. The summed E-state index contributed by atoms with van der Waals surface area (Å²) in [5.74, 6) is -0.981. The molecule has 2 N–H and O–H groups in total. The van der Waals surface area contributed by atoms with Crippen molar-refractivity contribution in [3.63, 3.8) is 0 Å². The van der Waals surface area contributed by atoms with Gasteiger partial charge in [-0.3, -0.25) is 4.79 Å². The van der Waals surface area contributed by atoms with Crippen LogP contribution in [0.25, 0.3) is 0 Å². The van der Waals surface area contributed by atoms with Gasteiger partial charge in [0.1, 0.15) is 67.8 Å². The highest BCUT2D eigenvalue weighted by Gasteiger charge is 2.74. The fraction of sp³-hybridized carbons (Fsp3) is 0.898. The van der Waals surface area contributed by atoms with Gasteiger partial charge in [0.25, 0.3) is 0 Å². The minimum atomic E-state index is -2.99. The van der Waals surface area contributed by atoms with E-state index in [0.717, 1.165) is 196 Å². The molecule has 137 heavy (non-hydrogen) atoms. The average Bonchev–Trinajstić information content (AvgIpc) is 0.666. The van der Waals surface area contributed by atoms with Crippen LogP contribution in [0, 0.1) is 50.2 Å². The van der Waals surface area contributed by atoms with Gasteiger partial charge in [0.15, 0.2) is 99.8 Å². The van der Waals surface area contributed by atoms with E-state index in [-0.39, 0.29) is 65.8 Å². The monoisotopic (exact) mass is 2070 g/mol. The molecule has 0 radical (unpaired) electrons. The Labute approximate surface area is 845 Å². The quantitative estimate of drug-likeness (QED) is 0.0210. The Bertz CT molecular complexity index is 3820. The average molecular weight is 2070 g/mol. The zero-order valence-electron chi connectivity index (χ0n) is 93.4. The Morgan fingerprint density at radius 2 is 0.825 bits per heavy atom. The summed E-state index contributed by atoms with van der Waals surface area (Å²) in [4.78, 5) is 47.9. The molecule has 29 heteroatoms. The molecular weight excluding hydrogens is 1870 g/mol. The van der Waals surface area contributed by atoms with Crippen LogP contribution in [0.2, 0.25) is 163 Å². The standard InChI is InChI=1S/C108H205NO19Si9/c1-34-129(35-2,36-3)115-78-83-89(123-132(43-10,44-11)45-12)92(125-134(49-16,50-17)51-18)97(128-137(58-25,59-26)60-27)101(116-83)120-95-91(118-99-96(127-136(55-22,56-23)57-24)90(124-133(46-13,47-14)48-15)84(77-114-99)121-130(37-4,38-5)39-6)93(126-135(52-19,53-20)54-21)94(98(111)113-76-80-64-62-61-63-65-80)119-100(95)117-87-69-70-104(30)85(105(87,31)79-110)68-71-106(32)86(104)67-66-81-82-74-103(28,29)72-73-108(82,102(109)112)88(75-107(81,106)33)122-131(40-7,41-8)42-9/h61-66,79,82-97,99-101H,34-60,67-78H2,1-33H3,(H2,109,112)/t82?,83?,84-,85?,86?,87?,88?,89+,90?,91?,92?,93+,94?,95?,96?,97?,99+,100-,101+,104?,105?,106?,107?,108-/m1/s1. The lowest BCUT2D eigenvalue weighted by atomic mass is 9.33. The van der Waals surface area contributed by atoms with Gasteiger partial charge in [0, 0.05) is 0 Å². The lowest BCUT2D eigenvalue weighted by Gasteiger charge is -2.72. The molecule has 0 spiro atoms. The van der Waals surface area contributed by atoms with Crippen molar-refractivity contribution in [1.29, 1.82) is 0 Å². The summed E-state index contributed by atoms with van der Waals surface area (Å²) in [6, 6.07) is 33.4. The first-order chi connectivity index (χ1) is 65.1. The van der Waals surface area contributed by atoms with Gasteiger partial charge in [-0.2, -0.15) is 0 Å². The first-order valence-electron chi connectivity index (χ1n) is 56.7. The van der Waals surface area contributed by atoms with Gasteiger partial charge < -0.3 is 83.5 Å². The van der Waals surface area contributed by atoms with E-state index in [4.69, 9.17) is 78.7 Å². The number of amides is 1. The van der Waals surface area contributed by atoms with Crippen molar-refractivity contribution >= 4 is 93.0 Å². The first-order valence-corrected chi connectivity index (χ1v) is 79.5. The molecule has 3 aliphatic heterocycles. The van der Waals surface area contributed by atoms with E-state index < -0.39 is 189 Å². The zero-order chi connectivity index (χ0) is 102. The molecule has 24 atom stereocenters. The van der Waals surface area contributed by atoms with E-state index in [2.05, 4.69) is 235 Å². The minimum absolute atomic E-state index is 0.0141. The van der Waals surface area contributed by atoms with Gasteiger partial charge in [-0.25, -0.2) is 4.79 Å². The highest BCUT2D eigenvalue weighted by molar-refractivity contribution is 6.77. The van der Waals surface area contributed by atoms with Crippen LogP contribution in [0.4, 0.5) is 0 Å². The number of esters is 1. The summed E-state index contributed by atoms with van der Waals surface area (Å²) in [5.41, 5.74) is 6.17. The second kappa shape index (κ2) is 50.0. The number of nitrogens with two attached hydrogens (primary N) is 1. The third-order valence-corrected chi connectivity index (χ3v) is 82.7. The molecule has 1 amide bonds. The van der Waals surface area contributed by atoms with Crippen molar-refractivity contribution in [2.24, 2.45) is 56.0 Å². The van der Waals surface area contributed by atoms with Crippen LogP contribution in [0.3, 0.4) is 0 Å². The number of carbonyl (C=O) groups is 3. The molecule has 9 rings (SSSR count). The maximum absolute atomic E-state index is 16.9. The summed E-state index contributed by atoms with van der Waals surface area (Å²) in [6.07, 6.45) is -4.86. The topological polar surface area (TPSA) is 225 Å². The second-order valence-electron chi connectivity index (χ2n) is 45.7.